The van der Waals surface area contributed by atoms with Crippen LogP contribution in [0.3, 0.4) is 0 Å². The molecule has 0 atom stereocenters. The van der Waals surface area contributed by atoms with E-state index in [9.17, 15) is 50.4 Å². The Bertz CT molecular complexity index is 1400. The molecule has 63 heavy (non-hydrogen) atoms. The topological polar surface area (TPSA) is 19.8 Å². The van der Waals surface area contributed by atoms with Crippen molar-refractivity contribution < 1.29 is 59.5 Å². The van der Waals surface area contributed by atoms with Gasteiger partial charge in [0.2, 0.25) is 0 Å². The van der Waals surface area contributed by atoms with Crippen LogP contribution >= 0.6 is 15.6 Å². The second-order valence-corrected chi connectivity index (χ2v) is 21.4. The molecule has 2 aromatic rings. The van der Waals surface area contributed by atoms with Crippen LogP contribution in [0.2, 0.25) is 0 Å². The molecule has 0 radical (unpaired) electrons. The summed E-state index contributed by atoms with van der Waals surface area (Å²) in [5.74, 6) is 0. The van der Waals surface area contributed by atoms with Crippen LogP contribution in [0.4, 0.5) is 50.4 Å². The molecule has 0 aliphatic carbocycles. The van der Waals surface area contributed by atoms with Gasteiger partial charge in [-0.2, -0.15) is 9.13 Å². The molecule has 0 saturated heterocycles. The third-order valence-corrected chi connectivity index (χ3v) is 10.8. The van der Waals surface area contributed by atoms with Gasteiger partial charge in [0.15, 0.2) is 35.9 Å². The molecule has 0 aliphatic heterocycles. The van der Waals surface area contributed by atoms with Gasteiger partial charge in [0.05, 0.1) is 13.1 Å². The molecule has 0 unspecified atom stereocenters. The van der Waals surface area contributed by atoms with E-state index in [0.29, 0.717) is 0 Å². The standard InChI is InChI=1S/C46H83N3.2F6P/c1-7-9-11-13-15-17-19-21-23-25-27-29-31-45-39-41(3)37-43(5)48(45)35-33-47-34-36-49-44(6)38-42(4)40-46(49)32-30-28-26-24-22-20-18-16-14-12-10-8-2;2*1-7(2,3,4,5)6/h37-40,47H,7-36H2,1-6H3;;/q+2;2*-1. The van der Waals surface area contributed by atoms with Crippen LogP contribution < -0.4 is 14.5 Å². The minimum absolute atomic E-state index is 1.03. The molecule has 0 bridgehead atoms. The zero-order chi connectivity index (χ0) is 48.2. The number of aromatic nitrogens is 2. The molecule has 376 valence electrons. The fourth-order valence-electron chi connectivity index (χ4n) is 7.89. The summed E-state index contributed by atoms with van der Waals surface area (Å²) in [5.41, 5.74) is 8.68. The molecule has 2 heterocycles. The second kappa shape index (κ2) is 27.8. The van der Waals surface area contributed by atoms with E-state index >= 15 is 0 Å². The first-order valence-corrected chi connectivity index (χ1v) is 27.7. The van der Waals surface area contributed by atoms with Crippen LogP contribution in [0.5, 0.6) is 0 Å². The van der Waals surface area contributed by atoms with Crippen molar-refractivity contribution in [2.45, 2.75) is 222 Å². The van der Waals surface area contributed by atoms with E-state index in [0.717, 1.165) is 26.2 Å². The minimum atomic E-state index is -10.7. The summed E-state index contributed by atoms with van der Waals surface area (Å²) in [5, 5.41) is 3.81. The van der Waals surface area contributed by atoms with Gasteiger partial charge >= 0.3 is 66.0 Å². The summed E-state index contributed by atoms with van der Waals surface area (Å²) < 4.78 is 124. The number of nitrogens with zero attached hydrogens (tertiary/aromatic N) is 2. The molecule has 1 N–H and O–H groups in total. The van der Waals surface area contributed by atoms with Gasteiger partial charge in [-0.3, -0.25) is 0 Å². The molecule has 0 amide bonds. The fourth-order valence-corrected chi connectivity index (χ4v) is 7.89. The van der Waals surface area contributed by atoms with Crippen molar-refractivity contribution in [3.05, 3.63) is 58.2 Å². The average Bonchev–Trinajstić information content (AvgIpc) is 3.11. The molecular weight excluding hydrogens is 884 g/mol. The van der Waals surface area contributed by atoms with Crippen LogP contribution in [-0.2, 0) is 25.9 Å². The van der Waals surface area contributed by atoms with E-state index in [1.54, 1.807) is 0 Å². The zero-order valence-corrected chi connectivity index (χ0v) is 41.1. The molecule has 0 fully saturated rings. The Hall–Kier alpha value is -1.72. The predicted octanol–water partition coefficient (Wildman–Crippen LogP) is 19.0. The second-order valence-electron chi connectivity index (χ2n) is 17.6. The molecule has 17 heteroatoms. The van der Waals surface area contributed by atoms with E-state index in [1.807, 2.05) is 0 Å². The number of pyridine rings is 2. The van der Waals surface area contributed by atoms with Crippen LogP contribution in [0.25, 0.3) is 0 Å². The van der Waals surface area contributed by atoms with Gasteiger partial charge in [0.1, 0.15) is 0 Å². The fraction of sp³-hybridized carbons (Fsp3) is 0.783. The Morgan fingerprint density at radius 1 is 0.365 bits per heavy atom. The van der Waals surface area contributed by atoms with E-state index in [4.69, 9.17) is 0 Å². The van der Waals surface area contributed by atoms with Crippen LogP contribution in [0.1, 0.15) is 202 Å². The average molecular weight is 968 g/mol. The van der Waals surface area contributed by atoms with Gasteiger partial charge in [-0.1, -0.05) is 155 Å². The third kappa shape index (κ3) is 46.6. The van der Waals surface area contributed by atoms with Gasteiger partial charge in [0, 0.05) is 51.0 Å². The quantitative estimate of drug-likeness (QED) is 0.0335. The molecule has 0 saturated carbocycles. The first-order valence-electron chi connectivity index (χ1n) is 23.7. The van der Waals surface area contributed by atoms with E-state index in [-0.39, 0.29) is 0 Å². The molecule has 3 nitrogen and oxygen atoms in total. The van der Waals surface area contributed by atoms with Gasteiger partial charge in [-0.15, -0.1) is 0 Å². The van der Waals surface area contributed by atoms with Crippen LogP contribution in [0, 0.1) is 27.7 Å². The number of unbranched alkanes of at least 4 members (excludes halogenated alkanes) is 22. The zero-order valence-electron chi connectivity index (χ0n) is 39.3. The summed E-state index contributed by atoms with van der Waals surface area (Å²) in [7, 11) is -21.3. The van der Waals surface area contributed by atoms with Crippen molar-refractivity contribution in [3.8, 4) is 0 Å². The molecule has 0 aromatic carbocycles. The molecular formula is C46H83F12N3P2. The number of nitrogens with one attached hydrogen (secondary N) is 1. The van der Waals surface area contributed by atoms with Crippen LogP contribution in [-0.4, -0.2) is 13.1 Å². The Balaban J connectivity index is 0.00000235. The van der Waals surface area contributed by atoms with E-state index in [1.165, 1.54) is 201 Å². The summed E-state index contributed by atoms with van der Waals surface area (Å²) in [6, 6.07) is 9.61. The van der Waals surface area contributed by atoms with Crippen molar-refractivity contribution in [3.63, 3.8) is 0 Å². The molecule has 2 rings (SSSR count). The predicted molar refractivity (Wildman–Crippen MR) is 242 cm³/mol. The maximum absolute atomic E-state index is 10.7. The van der Waals surface area contributed by atoms with Gasteiger partial charge < -0.3 is 5.32 Å². The van der Waals surface area contributed by atoms with Gasteiger partial charge in [0.25, 0.3) is 0 Å². The first-order chi connectivity index (χ1) is 28.9. The summed E-state index contributed by atoms with van der Waals surface area (Å²) in [6.07, 6.45) is 36.3. The number of hydrogen-bond acceptors (Lipinski definition) is 1. The van der Waals surface area contributed by atoms with Crippen LogP contribution in [0.15, 0.2) is 24.3 Å². The summed E-state index contributed by atoms with van der Waals surface area (Å²) in [6.45, 7) is 17.9. The van der Waals surface area contributed by atoms with Gasteiger partial charge in [-0.05, 0) is 37.8 Å². The Kier molecular flexibility index (Phi) is 27.0. The summed E-state index contributed by atoms with van der Waals surface area (Å²) in [4.78, 5) is 0. The number of hydrogen-bond donors (Lipinski definition) is 1. The summed E-state index contributed by atoms with van der Waals surface area (Å²) >= 11 is 0. The van der Waals surface area contributed by atoms with Crippen molar-refractivity contribution >= 4 is 15.6 Å². The maximum atomic E-state index is 9.87. The monoisotopic (exact) mass is 968 g/mol. The third-order valence-electron chi connectivity index (χ3n) is 10.8. The number of aryl methyl sites for hydroxylation is 6. The molecule has 0 spiro atoms. The number of rotatable bonds is 32. The Morgan fingerprint density at radius 3 is 0.825 bits per heavy atom. The normalized spacial score (nSPS) is 14.1. The van der Waals surface area contributed by atoms with Crippen molar-refractivity contribution in [2.75, 3.05) is 13.1 Å². The SMILES string of the molecule is CCCCCCCCCCCCCCc1cc(C)cc(C)[n+]1CCNCC[n+]1c(C)cc(C)cc1CCCCCCCCCCCCCC.F[P-](F)(F)(F)(F)F.F[P-](F)(F)(F)(F)F. The Labute approximate surface area is 372 Å². The molecule has 2 aromatic heterocycles. The molecule has 0 aliphatic rings. The van der Waals surface area contributed by atoms with E-state index < -0.39 is 15.6 Å². The van der Waals surface area contributed by atoms with Crippen molar-refractivity contribution in [1.82, 2.24) is 5.32 Å². The van der Waals surface area contributed by atoms with Crippen molar-refractivity contribution in [1.29, 1.82) is 0 Å². The van der Waals surface area contributed by atoms with E-state index in [2.05, 4.69) is 80.3 Å². The van der Waals surface area contributed by atoms with Crippen molar-refractivity contribution in [2.24, 2.45) is 0 Å². The van der Waals surface area contributed by atoms with Gasteiger partial charge in [-0.25, -0.2) is 0 Å². The number of halogens is 12. The Morgan fingerprint density at radius 2 is 0.587 bits per heavy atom. The first kappa shape index (κ1) is 61.3.